The van der Waals surface area contributed by atoms with Crippen LogP contribution in [0.5, 0.6) is 0 Å². The number of nitrogens with two attached hydrogens (primary N) is 1. The molecule has 0 amide bonds. The van der Waals surface area contributed by atoms with Gasteiger partial charge in [0.2, 0.25) is 0 Å². The second-order valence-corrected chi connectivity index (χ2v) is 3.03. The minimum atomic E-state index is -4.12. The molecule has 0 rings (SSSR count). The van der Waals surface area contributed by atoms with Crippen LogP contribution in [0.25, 0.3) is 0 Å². The molecule has 0 aromatic carbocycles. The largest absolute Gasteiger partial charge is 0.373 e. The Bertz CT molecular complexity index is 196. The molecule has 0 aliphatic rings. The van der Waals surface area contributed by atoms with Gasteiger partial charge in [0.1, 0.15) is 6.61 Å². The van der Waals surface area contributed by atoms with Gasteiger partial charge in [-0.15, -0.1) is 0 Å². The molecule has 2 N–H and O–H groups in total. The van der Waals surface area contributed by atoms with E-state index < -0.39 is 25.0 Å². The third kappa shape index (κ3) is 4.57. The molecule has 0 aromatic heterocycles. The lowest BCUT2D eigenvalue weighted by Gasteiger charge is -2.17. The van der Waals surface area contributed by atoms with Gasteiger partial charge < -0.3 is 10.5 Å². The van der Waals surface area contributed by atoms with Crippen LogP contribution < -0.4 is 5.73 Å². The number of ether oxygens (including phenoxy) is 1. The Hall–Kier alpha value is -0.620. The van der Waals surface area contributed by atoms with E-state index in [4.69, 9.17) is 5.73 Å². The highest BCUT2D eigenvalue weighted by atomic mass is 19.3. The number of rotatable bonds is 6. The second kappa shape index (κ2) is 5.31. The fourth-order valence-corrected chi connectivity index (χ4v) is 0.527. The van der Waals surface area contributed by atoms with Crippen molar-refractivity contribution in [2.24, 2.45) is 5.73 Å². The predicted octanol–water partition coefficient (Wildman–Crippen LogP) is 1.81. The molecular formula is C8H13F4NO. The minimum Gasteiger partial charge on any atom is -0.373 e. The normalized spacial score (nSPS) is 14.5. The van der Waals surface area contributed by atoms with Gasteiger partial charge in [-0.1, -0.05) is 12.2 Å². The molecule has 0 aliphatic heterocycles. The molecule has 14 heavy (non-hydrogen) atoms. The fraction of sp³-hybridized carbons (Fsp3) is 0.750. The average molecular weight is 215 g/mol. The van der Waals surface area contributed by atoms with Crippen LogP contribution >= 0.6 is 0 Å². The van der Waals surface area contributed by atoms with Gasteiger partial charge in [-0.25, -0.2) is 8.78 Å². The number of alkyl halides is 4. The lowest BCUT2D eigenvalue weighted by atomic mass is 10.2. The molecule has 6 heteroatoms. The first-order valence-electron chi connectivity index (χ1n) is 3.92. The minimum absolute atomic E-state index is 0.238. The molecule has 0 aromatic rings. The Labute approximate surface area is 79.7 Å². The number of hydrogen-bond acceptors (Lipinski definition) is 2. The van der Waals surface area contributed by atoms with Crippen molar-refractivity contribution >= 4 is 0 Å². The zero-order valence-electron chi connectivity index (χ0n) is 7.77. The number of halogens is 4. The Kier molecular flexibility index (Phi) is 5.07. The van der Waals surface area contributed by atoms with Gasteiger partial charge in [0.15, 0.2) is 0 Å². The maximum atomic E-state index is 12.3. The smallest absolute Gasteiger partial charge is 0.330 e. The molecule has 0 radical (unpaired) electrons. The van der Waals surface area contributed by atoms with Gasteiger partial charge in [-0.05, 0) is 6.92 Å². The third-order valence-corrected chi connectivity index (χ3v) is 1.54. The van der Waals surface area contributed by atoms with Crippen molar-refractivity contribution in [3.05, 3.63) is 12.2 Å². The van der Waals surface area contributed by atoms with Crippen LogP contribution in [-0.2, 0) is 4.74 Å². The summed E-state index contributed by atoms with van der Waals surface area (Å²) >= 11 is 0. The Morgan fingerprint density at radius 2 is 2.00 bits per heavy atom. The highest BCUT2D eigenvalue weighted by molar-refractivity contribution is 4.99. The molecule has 1 atom stereocenters. The maximum absolute atomic E-state index is 12.3. The zero-order chi connectivity index (χ0) is 11.4. The summed E-state index contributed by atoms with van der Waals surface area (Å²) in [5.74, 6) is -4.12. The van der Waals surface area contributed by atoms with Gasteiger partial charge in [-0.3, -0.25) is 0 Å². The number of hydrogen-bond donors (Lipinski definition) is 1. The monoisotopic (exact) mass is 215 g/mol. The van der Waals surface area contributed by atoms with E-state index in [9.17, 15) is 17.6 Å². The molecule has 0 aliphatic carbocycles. The lowest BCUT2D eigenvalue weighted by Crippen LogP contribution is -2.35. The average Bonchev–Trinajstić information content (AvgIpc) is 2.03. The molecule has 0 bridgehead atoms. The Morgan fingerprint density at radius 1 is 1.50 bits per heavy atom. The highest BCUT2D eigenvalue weighted by Gasteiger charge is 2.40. The quantitative estimate of drug-likeness (QED) is 0.541. The van der Waals surface area contributed by atoms with E-state index in [0.717, 1.165) is 0 Å². The predicted molar refractivity (Wildman–Crippen MR) is 44.6 cm³/mol. The van der Waals surface area contributed by atoms with Gasteiger partial charge in [-0.2, -0.15) is 8.78 Å². The Balaban J connectivity index is 3.79. The van der Waals surface area contributed by atoms with E-state index in [-0.39, 0.29) is 6.61 Å². The summed E-state index contributed by atoms with van der Waals surface area (Å²) in [5.41, 5.74) is 5.91. The van der Waals surface area contributed by atoms with Crippen molar-refractivity contribution < 1.29 is 22.3 Å². The molecule has 84 valence electrons. The van der Waals surface area contributed by atoms with Crippen LogP contribution in [0, 0.1) is 0 Å². The lowest BCUT2D eigenvalue weighted by molar-refractivity contribution is -0.166. The van der Waals surface area contributed by atoms with Gasteiger partial charge >= 0.3 is 12.3 Å². The van der Waals surface area contributed by atoms with Crippen molar-refractivity contribution in [2.75, 3.05) is 13.2 Å². The standard InChI is InChI=1S/C8H13F4NO/c1-5(2)6(13)3-14-4-8(11,12)7(9)10/h6-7H,1,3-4,13H2,2H3. The van der Waals surface area contributed by atoms with E-state index in [1.54, 1.807) is 6.92 Å². The highest BCUT2D eigenvalue weighted by Crippen LogP contribution is 2.22. The maximum Gasteiger partial charge on any atom is 0.330 e. The molecule has 0 heterocycles. The van der Waals surface area contributed by atoms with Crippen molar-refractivity contribution in [1.82, 2.24) is 0 Å². The molecule has 0 fully saturated rings. The molecule has 1 unspecified atom stereocenters. The van der Waals surface area contributed by atoms with Crippen LogP contribution in [-0.4, -0.2) is 31.6 Å². The van der Waals surface area contributed by atoms with Crippen LogP contribution in [0.4, 0.5) is 17.6 Å². The first-order valence-corrected chi connectivity index (χ1v) is 3.92. The Morgan fingerprint density at radius 3 is 2.36 bits per heavy atom. The fourth-order valence-electron chi connectivity index (χ4n) is 0.527. The van der Waals surface area contributed by atoms with Crippen molar-refractivity contribution in [3.8, 4) is 0 Å². The van der Waals surface area contributed by atoms with Gasteiger partial charge in [0, 0.05) is 6.04 Å². The summed E-state index contributed by atoms with van der Waals surface area (Å²) in [5, 5.41) is 0. The summed E-state index contributed by atoms with van der Waals surface area (Å²) in [7, 11) is 0. The SMILES string of the molecule is C=C(C)C(N)COCC(F)(F)C(F)F. The van der Waals surface area contributed by atoms with Gasteiger partial charge in [0.25, 0.3) is 0 Å². The second-order valence-electron chi connectivity index (χ2n) is 3.03. The van der Waals surface area contributed by atoms with Crippen molar-refractivity contribution in [2.45, 2.75) is 25.3 Å². The topological polar surface area (TPSA) is 35.2 Å². The summed E-state index contributed by atoms with van der Waals surface area (Å²) < 4.78 is 52.1. The van der Waals surface area contributed by atoms with E-state index >= 15 is 0 Å². The summed E-state index contributed by atoms with van der Waals surface area (Å²) in [4.78, 5) is 0. The van der Waals surface area contributed by atoms with E-state index in [2.05, 4.69) is 11.3 Å². The first-order chi connectivity index (χ1) is 6.27. The molecule has 2 nitrogen and oxygen atoms in total. The van der Waals surface area contributed by atoms with Crippen LogP contribution in [0.3, 0.4) is 0 Å². The van der Waals surface area contributed by atoms with Crippen LogP contribution in [0.2, 0.25) is 0 Å². The van der Waals surface area contributed by atoms with Crippen molar-refractivity contribution in [3.63, 3.8) is 0 Å². The summed E-state index contributed by atoms with van der Waals surface area (Å²) in [6, 6.07) is -0.608. The molecule has 0 saturated heterocycles. The summed E-state index contributed by atoms with van der Waals surface area (Å²) in [6.07, 6.45) is -3.72. The molecule has 0 spiro atoms. The van der Waals surface area contributed by atoms with Crippen LogP contribution in [0.15, 0.2) is 12.2 Å². The zero-order valence-corrected chi connectivity index (χ0v) is 7.77. The van der Waals surface area contributed by atoms with Crippen molar-refractivity contribution in [1.29, 1.82) is 0 Å². The third-order valence-electron chi connectivity index (χ3n) is 1.54. The van der Waals surface area contributed by atoms with Crippen LogP contribution in [0.1, 0.15) is 6.92 Å². The van der Waals surface area contributed by atoms with E-state index in [1.807, 2.05) is 0 Å². The molecular weight excluding hydrogens is 202 g/mol. The van der Waals surface area contributed by atoms with E-state index in [0.29, 0.717) is 5.57 Å². The first kappa shape index (κ1) is 13.4. The summed E-state index contributed by atoms with van der Waals surface area (Å²) in [6.45, 7) is 3.49. The van der Waals surface area contributed by atoms with E-state index in [1.165, 1.54) is 0 Å². The molecule has 0 saturated carbocycles. The van der Waals surface area contributed by atoms with Gasteiger partial charge in [0.05, 0.1) is 6.61 Å².